The van der Waals surface area contributed by atoms with Crippen LogP contribution in [-0.2, 0) is 4.79 Å². The number of carbonyl (C=O) groups is 2. The van der Waals surface area contributed by atoms with E-state index in [0.717, 1.165) is 12.8 Å². The predicted octanol–water partition coefficient (Wildman–Crippen LogP) is 1.80. The van der Waals surface area contributed by atoms with Gasteiger partial charge in [0, 0.05) is 17.8 Å². The summed E-state index contributed by atoms with van der Waals surface area (Å²) in [6.07, 6.45) is -1.86. The third-order valence-electron chi connectivity index (χ3n) is 3.33. The number of amides is 3. The molecule has 1 aliphatic carbocycles. The quantitative estimate of drug-likeness (QED) is 0.785. The minimum Gasteiger partial charge on any atom is -0.395 e. The standard InChI is InChI=1S/C14H15F2N3O4/c1-7(12(20)19-13(21)18-8-2-3-8)17-9-4-5-10-11(6-9)23-14(15,16)22-10/h4-8,17H,2-3H2,1H3,(H2,18,19,20,21). The number of carbonyl (C=O) groups excluding carboxylic acids is 2. The van der Waals surface area contributed by atoms with Crippen molar-refractivity contribution in [1.82, 2.24) is 10.6 Å². The summed E-state index contributed by atoms with van der Waals surface area (Å²) < 4.78 is 34.5. The van der Waals surface area contributed by atoms with E-state index in [0.29, 0.717) is 5.69 Å². The number of imide groups is 1. The van der Waals surface area contributed by atoms with Crippen molar-refractivity contribution in [2.75, 3.05) is 5.32 Å². The number of halogens is 2. The number of alkyl halides is 2. The van der Waals surface area contributed by atoms with Crippen LogP contribution >= 0.6 is 0 Å². The number of hydrogen-bond acceptors (Lipinski definition) is 5. The van der Waals surface area contributed by atoms with E-state index < -0.39 is 24.3 Å². The summed E-state index contributed by atoms with van der Waals surface area (Å²) in [5, 5.41) is 7.64. The van der Waals surface area contributed by atoms with E-state index in [1.165, 1.54) is 18.2 Å². The topological polar surface area (TPSA) is 88.7 Å². The molecule has 1 heterocycles. The Morgan fingerprint density at radius 3 is 2.65 bits per heavy atom. The van der Waals surface area contributed by atoms with Crippen molar-refractivity contribution in [1.29, 1.82) is 0 Å². The van der Waals surface area contributed by atoms with Crippen LogP contribution in [0.2, 0.25) is 0 Å². The molecule has 1 saturated carbocycles. The van der Waals surface area contributed by atoms with Crippen molar-refractivity contribution in [2.24, 2.45) is 0 Å². The molecule has 1 fully saturated rings. The lowest BCUT2D eigenvalue weighted by molar-refractivity contribution is -0.286. The van der Waals surface area contributed by atoms with Crippen LogP contribution in [0.4, 0.5) is 19.3 Å². The highest BCUT2D eigenvalue weighted by Crippen LogP contribution is 2.42. The maximum absolute atomic E-state index is 12.9. The largest absolute Gasteiger partial charge is 0.586 e. The fourth-order valence-corrected chi connectivity index (χ4v) is 2.02. The lowest BCUT2D eigenvalue weighted by Crippen LogP contribution is -2.46. The Morgan fingerprint density at radius 2 is 1.96 bits per heavy atom. The number of hydrogen-bond donors (Lipinski definition) is 3. The predicted molar refractivity (Wildman–Crippen MR) is 75.4 cm³/mol. The summed E-state index contributed by atoms with van der Waals surface area (Å²) >= 11 is 0. The van der Waals surface area contributed by atoms with Gasteiger partial charge in [-0.05, 0) is 31.9 Å². The second-order valence-corrected chi connectivity index (χ2v) is 5.43. The molecule has 0 spiro atoms. The Hall–Kier alpha value is -2.58. The summed E-state index contributed by atoms with van der Waals surface area (Å²) in [5.41, 5.74) is 0.385. The maximum Gasteiger partial charge on any atom is 0.586 e. The van der Waals surface area contributed by atoms with Gasteiger partial charge in [0.1, 0.15) is 6.04 Å². The van der Waals surface area contributed by atoms with Gasteiger partial charge in [-0.15, -0.1) is 8.78 Å². The zero-order valence-electron chi connectivity index (χ0n) is 12.2. The van der Waals surface area contributed by atoms with Gasteiger partial charge in [0.25, 0.3) is 0 Å². The SMILES string of the molecule is CC(Nc1ccc2c(c1)OC(F)(F)O2)C(=O)NC(=O)NC1CC1. The van der Waals surface area contributed by atoms with Crippen molar-refractivity contribution in [2.45, 2.75) is 38.1 Å². The van der Waals surface area contributed by atoms with E-state index >= 15 is 0 Å². The van der Waals surface area contributed by atoms with E-state index in [4.69, 9.17) is 0 Å². The first-order valence-electron chi connectivity index (χ1n) is 7.10. The third-order valence-corrected chi connectivity index (χ3v) is 3.33. The second kappa shape index (κ2) is 5.56. The number of anilines is 1. The maximum atomic E-state index is 12.9. The van der Waals surface area contributed by atoms with Crippen LogP contribution < -0.4 is 25.4 Å². The zero-order chi connectivity index (χ0) is 16.6. The Labute approximate surface area is 130 Å². The summed E-state index contributed by atoms with van der Waals surface area (Å²) in [6, 6.07) is 2.92. The highest BCUT2D eigenvalue weighted by Gasteiger charge is 2.43. The van der Waals surface area contributed by atoms with Gasteiger partial charge in [0.2, 0.25) is 5.91 Å². The smallest absolute Gasteiger partial charge is 0.395 e. The molecule has 1 aliphatic heterocycles. The zero-order valence-corrected chi connectivity index (χ0v) is 12.2. The highest BCUT2D eigenvalue weighted by molar-refractivity contribution is 5.98. The molecule has 1 atom stereocenters. The highest BCUT2D eigenvalue weighted by atomic mass is 19.3. The van der Waals surface area contributed by atoms with E-state index in [1.807, 2.05) is 0 Å². The number of urea groups is 1. The Balaban J connectivity index is 1.56. The van der Waals surface area contributed by atoms with Gasteiger partial charge in [-0.3, -0.25) is 10.1 Å². The molecule has 0 saturated heterocycles. The average molecular weight is 327 g/mol. The molecule has 2 aliphatic rings. The first-order valence-corrected chi connectivity index (χ1v) is 7.10. The van der Waals surface area contributed by atoms with Crippen molar-refractivity contribution in [3.05, 3.63) is 18.2 Å². The first-order chi connectivity index (χ1) is 10.8. The molecule has 3 rings (SSSR count). The Kier molecular flexibility index (Phi) is 3.70. The van der Waals surface area contributed by atoms with E-state index in [1.54, 1.807) is 6.92 Å². The van der Waals surface area contributed by atoms with Crippen molar-refractivity contribution in [3.63, 3.8) is 0 Å². The fraction of sp³-hybridized carbons (Fsp3) is 0.429. The molecule has 7 nitrogen and oxygen atoms in total. The molecule has 9 heteroatoms. The molecule has 3 amide bonds. The van der Waals surface area contributed by atoms with Gasteiger partial charge >= 0.3 is 12.3 Å². The number of nitrogens with one attached hydrogen (secondary N) is 3. The minimum atomic E-state index is -3.69. The molecule has 1 unspecified atom stereocenters. The molecular formula is C14H15F2N3O4. The van der Waals surface area contributed by atoms with Crippen molar-refractivity contribution < 1.29 is 27.8 Å². The van der Waals surface area contributed by atoms with Crippen LogP contribution in [0.1, 0.15) is 19.8 Å². The van der Waals surface area contributed by atoms with Gasteiger partial charge in [-0.1, -0.05) is 0 Å². The third kappa shape index (κ3) is 3.79. The number of ether oxygens (including phenoxy) is 2. The lowest BCUT2D eigenvalue weighted by atomic mass is 10.2. The number of benzene rings is 1. The van der Waals surface area contributed by atoms with Gasteiger partial charge in [-0.2, -0.15) is 0 Å². The monoisotopic (exact) mass is 327 g/mol. The van der Waals surface area contributed by atoms with Crippen LogP contribution in [0.5, 0.6) is 11.5 Å². The first kappa shape index (κ1) is 15.3. The average Bonchev–Trinajstić information content (AvgIpc) is 3.18. The second-order valence-electron chi connectivity index (χ2n) is 5.43. The number of rotatable bonds is 4. The van der Waals surface area contributed by atoms with Gasteiger partial charge in [-0.25, -0.2) is 4.79 Å². The molecule has 3 N–H and O–H groups in total. The van der Waals surface area contributed by atoms with Crippen LogP contribution in [0.15, 0.2) is 18.2 Å². The summed E-state index contributed by atoms with van der Waals surface area (Å²) in [4.78, 5) is 23.4. The van der Waals surface area contributed by atoms with Gasteiger partial charge in [0.15, 0.2) is 11.5 Å². The minimum absolute atomic E-state index is 0.0820. The fourth-order valence-electron chi connectivity index (χ4n) is 2.02. The molecule has 23 heavy (non-hydrogen) atoms. The van der Waals surface area contributed by atoms with Crippen molar-refractivity contribution in [3.8, 4) is 11.5 Å². The van der Waals surface area contributed by atoms with Crippen LogP contribution in [0.3, 0.4) is 0 Å². The molecule has 0 bridgehead atoms. The molecule has 0 radical (unpaired) electrons. The van der Waals surface area contributed by atoms with E-state index in [2.05, 4.69) is 25.4 Å². The van der Waals surface area contributed by atoms with Gasteiger partial charge < -0.3 is 20.1 Å². The number of fused-ring (bicyclic) bond motifs is 1. The molecule has 124 valence electrons. The molecule has 1 aromatic carbocycles. The molecular weight excluding hydrogens is 312 g/mol. The summed E-state index contributed by atoms with van der Waals surface area (Å²) in [5.74, 6) is -0.744. The van der Waals surface area contributed by atoms with Crippen LogP contribution in [0.25, 0.3) is 0 Å². The van der Waals surface area contributed by atoms with Crippen LogP contribution in [0, 0.1) is 0 Å². The Bertz CT molecular complexity index is 649. The normalized spacial score (nSPS) is 18.9. The Morgan fingerprint density at radius 1 is 1.26 bits per heavy atom. The molecule has 0 aromatic heterocycles. The van der Waals surface area contributed by atoms with Crippen molar-refractivity contribution >= 4 is 17.6 Å². The summed E-state index contributed by atoms with van der Waals surface area (Å²) in [6.45, 7) is 1.54. The molecule has 1 aromatic rings. The van der Waals surface area contributed by atoms with E-state index in [9.17, 15) is 18.4 Å². The van der Waals surface area contributed by atoms with E-state index in [-0.39, 0.29) is 17.5 Å². The summed E-state index contributed by atoms with van der Waals surface area (Å²) in [7, 11) is 0. The van der Waals surface area contributed by atoms with Crippen LogP contribution in [-0.4, -0.2) is 30.3 Å². The van der Waals surface area contributed by atoms with Gasteiger partial charge in [0.05, 0.1) is 0 Å². The lowest BCUT2D eigenvalue weighted by Gasteiger charge is -2.15.